The number of unbranched alkanes of at least 4 members (excludes halogenated alkanes) is 6. The third kappa shape index (κ3) is 19.5. The number of aliphatic carboxylic acids is 1. The van der Waals surface area contributed by atoms with Gasteiger partial charge in [-0.05, 0) is 32.1 Å². The van der Waals surface area contributed by atoms with Crippen molar-refractivity contribution in [2.75, 3.05) is 41.0 Å². The van der Waals surface area contributed by atoms with Gasteiger partial charge in [0.1, 0.15) is 18.8 Å². The Kier molecular flexibility index (Phi) is 18.7. The van der Waals surface area contributed by atoms with E-state index >= 15 is 0 Å². The molecule has 2 atom stereocenters. The van der Waals surface area contributed by atoms with Crippen molar-refractivity contribution in [3.8, 4) is 0 Å². The van der Waals surface area contributed by atoms with E-state index in [2.05, 4.69) is 31.2 Å². The fourth-order valence-electron chi connectivity index (χ4n) is 3.28. The Morgan fingerprint density at radius 2 is 1.58 bits per heavy atom. The number of carbonyl (C=O) groups is 2. The van der Waals surface area contributed by atoms with Crippen LogP contribution in [0.4, 0.5) is 0 Å². The van der Waals surface area contributed by atoms with E-state index in [0.29, 0.717) is 6.42 Å². The molecule has 0 rings (SSSR count). The minimum Gasteiger partial charge on any atom is -0.544 e. The Balaban J connectivity index is 3.64. The van der Waals surface area contributed by atoms with E-state index in [1.54, 1.807) is 21.1 Å². The van der Waals surface area contributed by atoms with Crippen LogP contribution >= 0.6 is 0 Å². The first-order chi connectivity index (χ1) is 15.7. The van der Waals surface area contributed by atoms with Gasteiger partial charge < -0.3 is 29.0 Å². The average Bonchev–Trinajstić information content (AvgIpc) is 2.74. The molecule has 0 spiro atoms. The molecular weight excluding hydrogens is 422 g/mol. The number of hydrogen-bond acceptors (Lipinski definition) is 6. The highest BCUT2D eigenvalue weighted by atomic mass is 16.5. The van der Waals surface area contributed by atoms with Crippen LogP contribution in [0.15, 0.2) is 24.3 Å². The second-order valence-corrected chi connectivity index (χ2v) is 9.43. The smallest absolute Gasteiger partial charge is 0.305 e. The Labute approximate surface area is 201 Å². The molecular formula is C26H47NO6. The van der Waals surface area contributed by atoms with Gasteiger partial charge in [0, 0.05) is 12.8 Å². The molecule has 7 heteroatoms. The maximum atomic E-state index is 11.8. The summed E-state index contributed by atoms with van der Waals surface area (Å²) in [6.45, 7) is 2.25. The fraction of sp³-hybridized carbons (Fsp3) is 0.769. The van der Waals surface area contributed by atoms with Gasteiger partial charge in [-0.3, -0.25) is 4.79 Å². The highest BCUT2D eigenvalue weighted by Crippen LogP contribution is 2.09. The molecule has 1 N–H and O–H groups in total. The highest BCUT2D eigenvalue weighted by molar-refractivity contribution is 5.69. The lowest BCUT2D eigenvalue weighted by atomic mass is 10.1. The number of aliphatic hydroxyl groups is 1. The monoisotopic (exact) mass is 469 g/mol. The van der Waals surface area contributed by atoms with Gasteiger partial charge in [0.05, 0.1) is 40.3 Å². The van der Waals surface area contributed by atoms with E-state index in [9.17, 15) is 19.8 Å². The second-order valence-electron chi connectivity index (χ2n) is 9.43. The van der Waals surface area contributed by atoms with Gasteiger partial charge in [-0.1, -0.05) is 56.9 Å². The average molecular weight is 470 g/mol. The molecule has 2 unspecified atom stereocenters. The molecule has 0 aliphatic heterocycles. The van der Waals surface area contributed by atoms with E-state index in [1.165, 1.54) is 12.8 Å². The van der Waals surface area contributed by atoms with Crippen molar-refractivity contribution < 1.29 is 33.8 Å². The third-order valence-corrected chi connectivity index (χ3v) is 5.30. The van der Waals surface area contributed by atoms with E-state index in [1.807, 2.05) is 0 Å². The number of carboxylic acid groups (broad SMARTS) is 1. The van der Waals surface area contributed by atoms with Gasteiger partial charge in [-0.2, -0.15) is 0 Å². The van der Waals surface area contributed by atoms with Crippen LogP contribution < -0.4 is 5.11 Å². The molecule has 192 valence electrons. The van der Waals surface area contributed by atoms with E-state index in [4.69, 9.17) is 9.47 Å². The Hall–Kier alpha value is -1.70. The normalized spacial score (nSPS) is 14.1. The number of carboxylic acids is 1. The van der Waals surface area contributed by atoms with Crippen molar-refractivity contribution >= 4 is 11.9 Å². The molecule has 0 aromatic rings. The number of nitrogens with zero attached hydrogens (tertiary/aromatic N) is 1. The summed E-state index contributed by atoms with van der Waals surface area (Å²) in [6, 6.07) is -0.686. The first-order valence-corrected chi connectivity index (χ1v) is 12.4. The summed E-state index contributed by atoms with van der Waals surface area (Å²) in [4.78, 5) is 23.0. The van der Waals surface area contributed by atoms with Crippen molar-refractivity contribution in [2.24, 2.45) is 0 Å². The minimum atomic E-state index is -1.12. The van der Waals surface area contributed by atoms with Crippen LogP contribution in [-0.2, 0) is 19.1 Å². The van der Waals surface area contributed by atoms with E-state index in [-0.39, 0.29) is 36.7 Å². The maximum absolute atomic E-state index is 11.8. The van der Waals surface area contributed by atoms with Crippen LogP contribution in [-0.4, -0.2) is 74.6 Å². The van der Waals surface area contributed by atoms with Crippen molar-refractivity contribution in [1.82, 2.24) is 0 Å². The number of likely N-dealkylation sites (N-methyl/N-ethyl adjacent to an activating group) is 1. The molecule has 0 aliphatic carbocycles. The van der Waals surface area contributed by atoms with Crippen molar-refractivity contribution in [3.05, 3.63) is 24.3 Å². The number of ether oxygens (including phenoxy) is 2. The first kappa shape index (κ1) is 31.3. The summed E-state index contributed by atoms with van der Waals surface area (Å²) < 4.78 is 10.7. The molecule has 0 heterocycles. The van der Waals surface area contributed by atoms with Gasteiger partial charge in [0.2, 0.25) is 0 Å². The van der Waals surface area contributed by atoms with E-state index < -0.39 is 18.1 Å². The van der Waals surface area contributed by atoms with Crippen molar-refractivity contribution in [3.63, 3.8) is 0 Å². The van der Waals surface area contributed by atoms with Crippen molar-refractivity contribution in [1.29, 1.82) is 0 Å². The van der Waals surface area contributed by atoms with Crippen LogP contribution in [0.5, 0.6) is 0 Å². The summed E-state index contributed by atoms with van der Waals surface area (Å²) in [7, 11) is 5.34. The quantitative estimate of drug-likeness (QED) is 0.120. The lowest BCUT2D eigenvalue weighted by Gasteiger charge is -2.34. The number of allylic oxidation sites excluding steroid dienone is 4. The number of rotatable bonds is 21. The fourth-order valence-corrected chi connectivity index (χ4v) is 3.28. The van der Waals surface area contributed by atoms with Crippen molar-refractivity contribution in [2.45, 2.75) is 89.7 Å². The molecule has 0 bridgehead atoms. The summed E-state index contributed by atoms with van der Waals surface area (Å²) in [6.07, 6.45) is 18.3. The number of aliphatic hydroxyl groups excluding tert-OH is 1. The zero-order valence-corrected chi connectivity index (χ0v) is 21.3. The molecule has 7 nitrogen and oxygen atoms in total. The SMILES string of the molecule is CCC/C=C\C/C=C\CCCCCCCC(=O)OCC(O)COCCC(C(=O)[O-])[N+](C)(C)C. The first-order valence-electron chi connectivity index (χ1n) is 12.4. The molecule has 0 saturated heterocycles. The number of carbonyl (C=O) groups excluding carboxylic acids is 2. The summed E-state index contributed by atoms with van der Waals surface area (Å²) in [5.41, 5.74) is 0. The predicted octanol–water partition coefficient (Wildman–Crippen LogP) is 3.16. The minimum absolute atomic E-state index is 0.00629. The van der Waals surface area contributed by atoms with Crippen LogP contribution in [0, 0.1) is 0 Å². The van der Waals surface area contributed by atoms with Crippen LogP contribution in [0.2, 0.25) is 0 Å². The van der Waals surface area contributed by atoms with Gasteiger partial charge in [0.25, 0.3) is 0 Å². The van der Waals surface area contributed by atoms with Gasteiger partial charge in [-0.25, -0.2) is 0 Å². The molecule has 33 heavy (non-hydrogen) atoms. The Bertz CT molecular complexity index is 568. The Morgan fingerprint density at radius 1 is 0.939 bits per heavy atom. The van der Waals surface area contributed by atoms with Crippen LogP contribution in [0.3, 0.4) is 0 Å². The van der Waals surface area contributed by atoms with Gasteiger partial charge in [0.15, 0.2) is 0 Å². The number of hydrogen-bond donors (Lipinski definition) is 1. The van der Waals surface area contributed by atoms with Crippen LogP contribution in [0.25, 0.3) is 0 Å². The molecule has 0 radical (unpaired) electrons. The third-order valence-electron chi connectivity index (χ3n) is 5.30. The number of esters is 1. The molecule has 0 amide bonds. The predicted molar refractivity (Wildman–Crippen MR) is 129 cm³/mol. The molecule has 0 aliphatic rings. The zero-order valence-electron chi connectivity index (χ0n) is 21.3. The highest BCUT2D eigenvalue weighted by Gasteiger charge is 2.24. The zero-order chi connectivity index (χ0) is 25.0. The maximum Gasteiger partial charge on any atom is 0.305 e. The van der Waals surface area contributed by atoms with Crippen LogP contribution in [0.1, 0.15) is 77.6 Å². The molecule has 0 fully saturated rings. The molecule has 0 saturated carbocycles. The largest absolute Gasteiger partial charge is 0.544 e. The number of quaternary nitrogens is 1. The topological polar surface area (TPSA) is 95.9 Å². The summed E-state index contributed by atoms with van der Waals surface area (Å²) in [5, 5.41) is 21.1. The van der Waals surface area contributed by atoms with Gasteiger partial charge in [-0.15, -0.1) is 0 Å². The summed E-state index contributed by atoms with van der Waals surface area (Å²) in [5.74, 6) is -1.43. The molecule has 0 aromatic carbocycles. The second kappa shape index (κ2) is 19.7. The lowest BCUT2D eigenvalue weighted by Crippen LogP contribution is -2.55. The molecule has 0 aromatic heterocycles. The van der Waals surface area contributed by atoms with E-state index in [0.717, 1.165) is 44.9 Å². The lowest BCUT2D eigenvalue weighted by molar-refractivity contribution is -0.889. The summed E-state index contributed by atoms with van der Waals surface area (Å²) >= 11 is 0. The Morgan fingerprint density at radius 3 is 2.21 bits per heavy atom. The van der Waals surface area contributed by atoms with Gasteiger partial charge >= 0.3 is 5.97 Å². The standard InChI is InChI=1S/C26H47NO6/c1-5-6-7-8-9-10-11-12-13-14-15-16-17-18-25(29)33-22-23(28)21-32-20-19-24(26(30)31)27(2,3)4/h7-8,10-11,23-24,28H,5-6,9,12-22H2,1-4H3/b8-7-,11-10-.